The number of anilines is 2. The van der Waals surface area contributed by atoms with E-state index in [-0.39, 0.29) is 22.5 Å². The summed E-state index contributed by atoms with van der Waals surface area (Å²) in [7, 11) is 0. The van der Waals surface area contributed by atoms with Gasteiger partial charge in [0.1, 0.15) is 11.6 Å². The van der Waals surface area contributed by atoms with Gasteiger partial charge in [-0.25, -0.2) is 4.98 Å². The molecule has 1 N–H and O–H groups in total. The zero-order valence-corrected chi connectivity index (χ0v) is 27.5. The van der Waals surface area contributed by atoms with Gasteiger partial charge < -0.3 is 20.0 Å². The van der Waals surface area contributed by atoms with Crippen molar-refractivity contribution in [2.24, 2.45) is 28.6 Å². The summed E-state index contributed by atoms with van der Waals surface area (Å²) < 4.78 is 0. The van der Waals surface area contributed by atoms with Crippen molar-refractivity contribution in [3.63, 3.8) is 0 Å². The maximum atomic E-state index is 14.5. The molecule has 3 aliphatic heterocycles. The Labute approximate surface area is 268 Å². The predicted molar refractivity (Wildman–Crippen MR) is 178 cm³/mol. The minimum atomic E-state index is -0.355. The van der Waals surface area contributed by atoms with Crippen molar-refractivity contribution in [1.82, 2.24) is 20.2 Å². The number of aromatic nitrogens is 2. The number of nitrogens with zero attached hydrogens (tertiary/aromatic N) is 5. The number of carbonyl (C=O) groups is 2. The molecule has 5 fully saturated rings. The van der Waals surface area contributed by atoms with Crippen LogP contribution in [0.2, 0.25) is 0 Å². The maximum Gasteiger partial charge on any atom is 0.227 e. The number of hydrogen-bond acceptors (Lipinski definition) is 8. The molecule has 0 amide bonds. The van der Waals surface area contributed by atoms with Crippen molar-refractivity contribution in [3.8, 4) is 0 Å². The lowest BCUT2D eigenvalue weighted by molar-refractivity contribution is -0.124. The van der Waals surface area contributed by atoms with Crippen molar-refractivity contribution >= 4 is 28.9 Å². The van der Waals surface area contributed by atoms with Gasteiger partial charge in [0.05, 0.1) is 11.1 Å². The number of Topliss-reactive ketones (excluding diaryl/α,β-unsaturated/α-hetero) is 1. The zero-order valence-electron chi connectivity index (χ0n) is 27.5. The number of piperazine rings is 1. The van der Waals surface area contributed by atoms with Gasteiger partial charge in [-0.05, 0) is 94.5 Å². The SMILES string of the molecule is CC(=O)[C@H]1CC[C@H]2[C@@H]3CCC4=C(c5cc(N6CCCC6)nc(N6CCCC6)n5)C(=O)C=C(N5CCNCC5)[C@]4(C)C3=CC[C@]12C. The molecule has 0 bridgehead atoms. The molecule has 0 unspecified atom stereocenters. The van der Waals surface area contributed by atoms with Gasteiger partial charge in [0, 0.05) is 81.7 Å². The van der Waals surface area contributed by atoms with Gasteiger partial charge in [-0.3, -0.25) is 9.59 Å². The molecule has 3 saturated heterocycles. The van der Waals surface area contributed by atoms with Crippen LogP contribution in [0, 0.1) is 28.6 Å². The van der Waals surface area contributed by atoms with E-state index in [0.717, 1.165) is 120 Å². The number of hydrogen-bond donors (Lipinski definition) is 1. The predicted octanol–water partition coefficient (Wildman–Crippen LogP) is 5.17. The Morgan fingerprint density at radius 1 is 0.911 bits per heavy atom. The Morgan fingerprint density at radius 3 is 2.33 bits per heavy atom. The van der Waals surface area contributed by atoms with Crippen LogP contribution in [-0.4, -0.2) is 78.8 Å². The third kappa shape index (κ3) is 4.56. The Balaban J connectivity index is 1.28. The van der Waals surface area contributed by atoms with E-state index >= 15 is 0 Å². The first-order valence-corrected chi connectivity index (χ1v) is 17.8. The lowest BCUT2D eigenvalue weighted by Gasteiger charge is -2.56. The summed E-state index contributed by atoms with van der Waals surface area (Å²) in [5, 5.41) is 3.52. The molecule has 1 aromatic heterocycles. The van der Waals surface area contributed by atoms with Crippen LogP contribution >= 0.6 is 0 Å². The van der Waals surface area contributed by atoms with E-state index in [2.05, 4.69) is 46.0 Å². The van der Waals surface area contributed by atoms with Crippen molar-refractivity contribution in [3.05, 3.63) is 40.8 Å². The van der Waals surface area contributed by atoms with E-state index < -0.39 is 0 Å². The van der Waals surface area contributed by atoms with Crippen LogP contribution in [0.5, 0.6) is 0 Å². The van der Waals surface area contributed by atoms with E-state index in [1.54, 1.807) is 6.92 Å². The van der Waals surface area contributed by atoms with Crippen LogP contribution < -0.4 is 15.1 Å². The molecule has 8 heteroatoms. The highest BCUT2D eigenvalue weighted by atomic mass is 16.1. The molecular formula is C37H50N6O2. The first kappa shape index (κ1) is 29.4. The van der Waals surface area contributed by atoms with E-state index in [0.29, 0.717) is 17.6 Å². The summed E-state index contributed by atoms with van der Waals surface area (Å²) >= 11 is 0. The molecule has 45 heavy (non-hydrogen) atoms. The van der Waals surface area contributed by atoms with Crippen LogP contribution in [-0.2, 0) is 9.59 Å². The lowest BCUT2D eigenvalue weighted by Crippen LogP contribution is -2.51. The van der Waals surface area contributed by atoms with Crippen LogP contribution in [0.4, 0.5) is 11.8 Å². The van der Waals surface area contributed by atoms with Crippen molar-refractivity contribution in [2.75, 3.05) is 62.2 Å². The van der Waals surface area contributed by atoms with Crippen LogP contribution in [0.25, 0.3) is 5.57 Å². The standard InChI is InChI=1S/C37H50N6O2/c1-24(44)26-10-11-27-25-8-9-29-34(30-22-33(42-16-4-5-17-42)40-35(39-30)43-18-6-7-19-43)31(45)23-32(41-20-14-38-15-21-41)37(29,3)28(25)12-13-36(26,27)2/h12,22-23,25-27,38H,4-11,13-21H2,1-3H3/t25-,26+,27-,36+,37+/m0/s1. The van der Waals surface area contributed by atoms with Gasteiger partial charge in [-0.1, -0.05) is 18.6 Å². The molecule has 1 aromatic rings. The van der Waals surface area contributed by atoms with Crippen molar-refractivity contribution < 1.29 is 9.59 Å². The van der Waals surface area contributed by atoms with Crippen molar-refractivity contribution in [1.29, 1.82) is 0 Å². The molecule has 2 saturated carbocycles. The molecule has 4 heterocycles. The Bertz CT molecular complexity index is 1460. The largest absolute Gasteiger partial charge is 0.371 e. The fraction of sp³-hybridized carbons (Fsp3) is 0.676. The fourth-order valence-electron chi connectivity index (χ4n) is 10.7. The highest BCUT2D eigenvalue weighted by Gasteiger charge is 2.59. The first-order valence-electron chi connectivity index (χ1n) is 17.8. The molecule has 0 spiro atoms. The van der Waals surface area contributed by atoms with Gasteiger partial charge in [-0.2, -0.15) is 4.98 Å². The third-order valence-corrected chi connectivity index (χ3v) is 13.0. The number of fused-ring (bicyclic) bond motifs is 5. The second-order valence-electron chi connectivity index (χ2n) is 15.3. The highest BCUT2D eigenvalue weighted by Crippen LogP contribution is 2.66. The number of nitrogens with one attached hydrogen (secondary N) is 1. The van der Waals surface area contributed by atoms with E-state index in [1.807, 2.05) is 6.08 Å². The highest BCUT2D eigenvalue weighted by molar-refractivity contribution is 6.28. The normalized spacial score (nSPS) is 34.9. The van der Waals surface area contributed by atoms with Crippen LogP contribution in [0.3, 0.4) is 0 Å². The zero-order chi connectivity index (χ0) is 30.9. The monoisotopic (exact) mass is 610 g/mol. The van der Waals surface area contributed by atoms with E-state index in [1.165, 1.54) is 29.7 Å². The van der Waals surface area contributed by atoms with Gasteiger partial charge in [0.25, 0.3) is 0 Å². The molecule has 8 nitrogen and oxygen atoms in total. The second kappa shape index (κ2) is 11.1. The van der Waals surface area contributed by atoms with Gasteiger partial charge in [-0.15, -0.1) is 0 Å². The Hall–Kier alpha value is -3.00. The molecule has 0 aromatic carbocycles. The quantitative estimate of drug-likeness (QED) is 0.458. The van der Waals surface area contributed by atoms with Crippen LogP contribution in [0.15, 0.2) is 35.1 Å². The number of ketones is 2. The first-order chi connectivity index (χ1) is 21.8. The summed E-state index contributed by atoms with van der Waals surface area (Å²) in [5.41, 5.74) is 5.25. The average Bonchev–Trinajstić information content (AvgIpc) is 3.83. The average molecular weight is 611 g/mol. The van der Waals surface area contributed by atoms with Crippen molar-refractivity contribution in [2.45, 2.75) is 78.6 Å². The number of carbonyl (C=O) groups excluding carboxylic acids is 2. The Morgan fingerprint density at radius 2 is 1.62 bits per heavy atom. The third-order valence-electron chi connectivity index (χ3n) is 13.0. The second-order valence-corrected chi connectivity index (χ2v) is 15.3. The summed E-state index contributed by atoms with van der Waals surface area (Å²) in [5.74, 6) is 3.33. The van der Waals surface area contributed by atoms with Gasteiger partial charge in [0.15, 0.2) is 5.78 Å². The molecule has 240 valence electrons. The molecule has 0 radical (unpaired) electrons. The summed E-state index contributed by atoms with van der Waals surface area (Å²) in [6.07, 6.45) is 14.2. The fourth-order valence-corrected chi connectivity index (χ4v) is 10.7. The smallest absolute Gasteiger partial charge is 0.227 e. The maximum absolute atomic E-state index is 14.5. The van der Waals surface area contributed by atoms with Crippen LogP contribution in [0.1, 0.15) is 84.3 Å². The molecule has 7 aliphatic rings. The summed E-state index contributed by atoms with van der Waals surface area (Å²) in [4.78, 5) is 44.8. The number of rotatable bonds is 5. The number of allylic oxidation sites excluding steroid dienone is 4. The summed E-state index contributed by atoms with van der Waals surface area (Å²) in [6.45, 7) is 14.3. The molecule has 4 aliphatic carbocycles. The summed E-state index contributed by atoms with van der Waals surface area (Å²) in [6, 6.07) is 2.13. The van der Waals surface area contributed by atoms with Gasteiger partial charge in [0.2, 0.25) is 5.95 Å². The van der Waals surface area contributed by atoms with Gasteiger partial charge >= 0.3 is 0 Å². The van der Waals surface area contributed by atoms with E-state index in [4.69, 9.17) is 9.97 Å². The minimum Gasteiger partial charge on any atom is -0.371 e. The topological polar surface area (TPSA) is 81.7 Å². The molecule has 5 atom stereocenters. The lowest BCUT2D eigenvalue weighted by atomic mass is 9.50. The molecule has 8 rings (SSSR count). The Kier molecular flexibility index (Phi) is 7.23. The minimum absolute atomic E-state index is 0.0335. The van der Waals surface area contributed by atoms with E-state index in [9.17, 15) is 9.59 Å². The molecular weight excluding hydrogens is 560 g/mol.